The largest absolute Gasteiger partial charge is 0.321 e. The Morgan fingerprint density at radius 3 is 2.58 bits per heavy atom. The zero-order valence-corrected chi connectivity index (χ0v) is 11.8. The summed E-state index contributed by atoms with van der Waals surface area (Å²) in [4.78, 5) is 4.42. The molecule has 1 aromatic carbocycles. The van der Waals surface area contributed by atoms with Crippen molar-refractivity contribution in [3.63, 3.8) is 0 Å². The monoisotopic (exact) mass is 254 g/mol. The van der Waals surface area contributed by atoms with Gasteiger partial charge in [0.05, 0.1) is 0 Å². The first kappa shape index (κ1) is 12.6. The van der Waals surface area contributed by atoms with E-state index in [2.05, 4.69) is 43.1 Å². The van der Waals surface area contributed by atoms with Crippen molar-refractivity contribution >= 4 is 10.8 Å². The van der Waals surface area contributed by atoms with Gasteiger partial charge in [-0.1, -0.05) is 51.0 Å². The maximum atomic E-state index is 6.88. The van der Waals surface area contributed by atoms with Crippen molar-refractivity contribution in [3.8, 4) is 0 Å². The third-order valence-corrected chi connectivity index (χ3v) is 4.98. The van der Waals surface area contributed by atoms with E-state index in [9.17, 15) is 0 Å². The van der Waals surface area contributed by atoms with Gasteiger partial charge in [-0.25, -0.2) is 0 Å². The summed E-state index contributed by atoms with van der Waals surface area (Å²) in [5, 5.41) is 2.45. The molecule has 1 fully saturated rings. The maximum Gasteiger partial charge on any atom is 0.0482 e. The summed E-state index contributed by atoms with van der Waals surface area (Å²) in [6, 6.07) is 8.44. The van der Waals surface area contributed by atoms with Crippen LogP contribution in [0.3, 0.4) is 0 Å². The number of nitrogens with two attached hydrogens (primary N) is 1. The Hall–Kier alpha value is -1.41. The van der Waals surface area contributed by atoms with Crippen LogP contribution >= 0.6 is 0 Å². The van der Waals surface area contributed by atoms with Gasteiger partial charge in [-0.3, -0.25) is 4.98 Å². The van der Waals surface area contributed by atoms with Crippen molar-refractivity contribution in [2.75, 3.05) is 0 Å². The molecular weight excluding hydrogens is 232 g/mol. The van der Waals surface area contributed by atoms with E-state index in [4.69, 9.17) is 5.73 Å². The van der Waals surface area contributed by atoms with Crippen molar-refractivity contribution in [1.82, 2.24) is 4.98 Å². The molecule has 1 heterocycles. The van der Waals surface area contributed by atoms with Crippen molar-refractivity contribution < 1.29 is 0 Å². The van der Waals surface area contributed by atoms with Gasteiger partial charge in [-0.05, 0) is 29.2 Å². The van der Waals surface area contributed by atoms with Gasteiger partial charge in [0, 0.05) is 23.3 Å². The smallest absolute Gasteiger partial charge is 0.0482 e. The maximum absolute atomic E-state index is 6.88. The number of benzene rings is 1. The highest BCUT2D eigenvalue weighted by atomic mass is 14.8. The second-order valence-corrected chi connectivity index (χ2v) is 6.47. The molecule has 19 heavy (non-hydrogen) atoms. The molecule has 1 saturated carbocycles. The second-order valence-electron chi connectivity index (χ2n) is 6.47. The van der Waals surface area contributed by atoms with Gasteiger partial charge in [0.15, 0.2) is 0 Å². The van der Waals surface area contributed by atoms with E-state index < -0.39 is 0 Å². The number of hydrogen-bond donors (Lipinski definition) is 1. The van der Waals surface area contributed by atoms with E-state index in [0.29, 0.717) is 0 Å². The number of nitrogens with zero attached hydrogens (tertiary/aromatic N) is 1. The van der Waals surface area contributed by atoms with Crippen LogP contribution in [-0.4, -0.2) is 4.98 Å². The normalized spacial score (nSPS) is 26.5. The lowest BCUT2D eigenvalue weighted by Crippen LogP contribution is -2.52. The zero-order valence-electron chi connectivity index (χ0n) is 11.8. The highest BCUT2D eigenvalue weighted by Crippen LogP contribution is 2.49. The van der Waals surface area contributed by atoms with Crippen molar-refractivity contribution in [3.05, 3.63) is 42.2 Å². The van der Waals surface area contributed by atoms with Crippen LogP contribution < -0.4 is 5.73 Å². The van der Waals surface area contributed by atoms with Gasteiger partial charge in [-0.15, -0.1) is 0 Å². The molecule has 1 atom stereocenters. The van der Waals surface area contributed by atoms with Gasteiger partial charge >= 0.3 is 0 Å². The second kappa shape index (κ2) is 4.31. The van der Waals surface area contributed by atoms with Crippen LogP contribution in [0.15, 0.2) is 36.7 Å². The first-order chi connectivity index (χ1) is 9.05. The molecule has 2 aromatic rings. The first-order valence-corrected chi connectivity index (χ1v) is 7.17. The predicted octanol–water partition coefficient (Wildman–Crippen LogP) is 3.99. The Bertz CT molecular complexity index is 598. The van der Waals surface area contributed by atoms with Crippen LogP contribution in [0.1, 0.15) is 45.1 Å². The fourth-order valence-corrected chi connectivity index (χ4v) is 3.50. The summed E-state index contributed by atoms with van der Waals surface area (Å²) >= 11 is 0. The Kier molecular flexibility index (Phi) is 2.86. The summed E-state index contributed by atoms with van der Waals surface area (Å²) in [6.07, 6.45) is 8.64. The molecule has 0 radical (unpaired) electrons. The number of aromatic nitrogens is 1. The van der Waals surface area contributed by atoms with E-state index in [-0.39, 0.29) is 11.0 Å². The van der Waals surface area contributed by atoms with E-state index in [1.54, 1.807) is 0 Å². The zero-order chi connectivity index (χ0) is 13.5. The molecule has 1 aliphatic carbocycles. The Morgan fingerprint density at radius 2 is 1.79 bits per heavy atom. The summed E-state index contributed by atoms with van der Waals surface area (Å²) in [7, 11) is 0. The summed E-state index contributed by atoms with van der Waals surface area (Å²) < 4.78 is 0. The fraction of sp³-hybridized carbons (Fsp3) is 0.471. The molecule has 0 amide bonds. The summed E-state index contributed by atoms with van der Waals surface area (Å²) in [6.45, 7) is 4.60. The fourth-order valence-electron chi connectivity index (χ4n) is 3.50. The lowest BCUT2D eigenvalue weighted by Gasteiger charge is -2.48. The minimum absolute atomic E-state index is 0.122. The van der Waals surface area contributed by atoms with Crippen LogP contribution in [0.2, 0.25) is 0 Å². The van der Waals surface area contributed by atoms with Crippen molar-refractivity contribution in [1.29, 1.82) is 0 Å². The average Bonchev–Trinajstić information content (AvgIpc) is 2.41. The quantitative estimate of drug-likeness (QED) is 0.835. The van der Waals surface area contributed by atoms with Crippen molar-refractivity contribution in [2.45, 2.75) is 45.1 Å². The van der Waals surface area contributed by atoms with Gasteiger partial charge in [-0.2, -0.15) is 0 Å². The molecule has 0 aliphatic heterocycles. The summed E-state index contributed by atoms with van der Waals surface area (Å²) in [5.74, 6) is 0. The lowest BCUT2D eigenvalue weighted by atomic mass is 9.60. The molecule has 1 aromatic heterocycles. The molecule has 2 nitrogen and oxygen atoms in total. The average molecular weight is 254 g/mol. The Balaban J connectivity index is 2.23. The number of pyridine rings is 1. The van der Waals surface area contributed by atoms with E-state index >= 15 is 0 Å². The first-order valence-electron chi connectivity index (χ1n) is 7.17. The minimum atomic E-state index is -0.265. The molecule has 1 aliphatic rings. The molecule has 100 valence electrons. The molecule has 3 rings (SSSR count). The minimum Gasteiger partial charge on any atom is -0.321 e. The molecule has 1 unspecified atom stereocenters. The molecule has 0 spiro atoms. The standard InChI is InChI=1S/C17H22N2/c1-16(2)9-5-6-10-17(16,18)15-12-19-11-13-7-3-4-8-14(13)15/h3-4,7-8,11-12H,5-6,9-10,18H2,1-2H3. The Morgan fingerprint density at radius 1 is 1.05 bits per heavy atom. The SMILES string of the molecule is CC1(C)CCCCC1(N)c1cncc2ccccc12. The molecule has 2 heteroatoms. The highest BCUT2D eigenvalue weighted by Gasteiger charge is 2.45. The van der Waals surface area contributed by atoms with Crippen LogP contribution in [0, 0.1) is 5.41 Å². The summed E-state index contributed by atoms with van der Waals surface area (Å²) in [5.41, 5.74) is 7.96. The highest BCUT2D eigenvalue weighted by molar-refractivity contribution is 5.85. The Labute approximate surface area is 115 Å². The topological polar surface area (TPSA) is 38.9 Å². The molecular formula is C17H22N2. The number of rotatable bonds is 1. The molecule has 0 bridgehead atoms. The molecule has 0 saturated heterocycles. The van der Waals surface area contributed by atoms with Gasteiger partial charge < -0.3 is 5.73 Å². The lowest BCUT2D eigenvalue weighted by molar-refractivity contribution is 0.0988. The van der Waals surface area contributed by atoms with Gasteiger partial charge in [0.1, 0.15) is 0 Å². The van der Waals surface area contributed by atoms with E-state index in [1.165, 1.54) is 35.6 Å². The number of fused-ring (bicyclic) bond motifs is 1. The van der Waals surface area contributed by atoms with E-state index in [1.807, 2.05) is 12.4 Å². The van der Waals surface area contributed by atoms with E-state index in [0.717, 1.165) is 6.42 Å². The van der Waals surface area contributed by atoms with Crippen molar-refractivity contribution in [2.24, 2.45) is 11.1 Å². The number of hydrogen-bond acceptors (Lipinski definition) is 2. The van der Waals surface area contributed by atoms with Gasteiger partial charge in [0.25, 0.3) is 0 Å². The third kappa shape index (κ3) is 1.86. The van der Waals surface area contributed by atoms with Crippen LogP contribution in [0.5, 0.6) is 0 Å². The molecule has 2 N–H and O–H groups in total. The van der Waals surface area contributed by atoms with Crippen LogP contribution in [0.25, 0.3) is 10.8 Å². The van der Waals surface area contributed by atoms with Gasteiger partial charge in [0.2, 0.25) is 0 Å². The third-order valence-electron chi connectivity index (χ3n) is 4.98. The van der Waals surface area contributed by atoms with Crippen LogP contribution in [-0.2, 0) is 5.54 Å². The van der Waals surface area contributed by atoms with Crippen LogP contribution in [0.4, 0.5) is 0 Å². The predicted molar refractivity (Wildman–Crippen MR) is 79.9 cm³/mol.